The molecule has 32 heavy (non-hydrogen) atoms. The lowest BCUT2D eigenvalue weighted by Crippen LogP contribution is -2.47. The summed E-state index contributed by atoms with van der Waals surface area (Å²) in [6.45, 7) is 7.24. The highest BCUT2D eigenvalue weighted by Crippen LogP contribution is 2.30. The Hall–Kier alpha value is -1.90. The van der Waals surface area contributed by atoms with Gasteiger partial charge in [0, 0.05) is 26.2 Å². The van der Waals surface area contributed by atoms with E-state index in [0.717, 1.165) is 35.6 Å². The molecule has 1 aliphatic heterocycles. The van der Waals surface area contributed by atoms with Crippen LogP contribution in [0.25, 0.3) is 10.8 Å². The number of rotatable bonds is 7. The largest absolute Gasteiger partial charge is 0.440 e. The molecule has 6 nitrogen and oxygen atoms in total. The highest BCUT2D eigenvalue weighted by molar-refractivity contribution is 7.13. The second-order valence-corrected chi connectivity index (χ2v) is 9.64. The number of aryl methyl sites for hydroxylation is 2. The Morgan fingerprint density at radius 1 is 1.28 bits per heavy atom. The fourth-order valence-corrected chi connectivity index (χ4v) is 4.84. The van der Waals surface area contributed by atoms with Crippen molar-refractivity contribution in [1.82, 2.24) is 15.2 Å². The van der Waals surface area contributed by atoms with Crippen molar-refractivity contribution >= 4 is 40.4 Å². The Balaban J connectivity index is 1.28. The van der Waals surface area contributed by atoms with E-state index in [1.807, 2.05) is 43.5 Å². The SMILES string of the molecule is Cc1ccsc1-c1nc(CC(=O)NC[C@H]2CN(Cc3ccc(Cl)c(Cl)c3)CCO2)c(C)o1. The average Bonchev–Trinajstić information content (AvgIpc) is 3.35. The van der Waals surface area contributed by atoms with Crippen molar-refractivity contribution in [3.05, 3.63) is 62.3 Å². The first kappa shape index (κ1) is 23.3. The molecule has 4 rings (SSSR count). The molecule has 1 aromatic carbocycles. The van der Waals surface area contributed by atoms with E-state index in [1.165, 1.54) is 0 Å². The maximum atomic E-state index is 12.5. The molecule has 1 saturated heterocycles. The molecule has 1 N–H and O–H groups in total. The smallest absolute Gasteiger partial charge is 0.237 e. The molecule has 0 aliphatic carbocycles. The Bertz CT molecular complexity index is 1100. The summed E-state index contributed by atoms with van der Waals surface area (Å²) in [4.78, 5) is 20.4. The molecule has 0 spiro atoms. The van der Waals surface area contributed by atoms with Gasteiger partial charge in [0.2, 0.25) is 11.8 Å². The minimum absolute atomic E-state index is 0.0711. The maximum absolute atomic E-state index is 12.5. The van der Waals surface area contributed by atoms with Crippen molar-refractivity contribution in [1.29, 1.82) is 0 Å². The zero-order chi connectivity index (χ0) is 22.7. The van der Waals surface area contributed by atoms with Crippen LogP contribution < -0.4 is 5.32 Å². The molecule has 0 radical (unpaired) electrons. The number of nitrogens with one attached hydrogen (secondary N) is 1. The fourth-order valence-electron chi connectivity index (χ4n) is 3.67. The summed E-state index contributed by atoms with van der Waals surface area (Å²) < 4.78 is 11.6. The van der Waals surface area contributed by atoms with Crippen molar-refractivity contribution < 1.29 is 13.9 Å². The third-order valence-electron chi connectivity index (χ3n) is 5.42. The molecule has 170 valence electrons. The van der Waals surface area contributed by atoms with Crippen LogP contribution in [-0.4, -0.2) is 48.1 Å². The number of thiophene rings is 1. The molecule has 0 bridgehead atoms. The number of hydrogen-bond donors (Lipinski definition) is 1. The van der Waals surface area contributed by atoms with Gasteiger partial charge in [0.05, 0.1) is 39.7 Å². The fraction of sp³-hybridized carbons (Fsp3) is 0.391. The van der Waals surface area contributed by atoms with Crippen molar-refractivity contribution in [3.63, 3.8) is 0 Å². The quantitative estimate of drug-likeness (QED) is 0.507. The van der Waals surface area contributed by atoms with Gasteiger partial charge in [0.25, 0.3) is 0 Å². The number of aromatic nitrogens is 1. The number of morpholine rings is 1. The summed E-state index contributed by atoms with van der Waals surface area (Å²) in [7, 11) is 0. The summed E-state index contributed by atoms with van der Waals surface area (Å²) >= 11 is 13.7. The van der Waals surface area contributed by atoms with Gasteiger partial charge in [-0.15, -0.1) is 11.3 Å². The number of nitrogens with zero attached hydrogens (tertiary/aromatic N) is 2. The summed E-state index contributed by atoms with van der Waals surface area (Å²) in [6.07, 6.45) is 0.109. The van der Waals surface area contributed by atoms with Crippen LogP contribution in [0.3, 0.4) is 0 Å². The van der Waals surface area contributed by atoms with E-state index in [4.69, 9.17) is 32.4 Å². The molecule has 2 aromatic heterocycles. The van der Waals surface area contributed by atoms with Crippen molar-refractivity contribution in [3.8, 4) is 10.8 Å². The highest BCUT2D eigenvalue weighted by atomic mass is 35.5. The van der Waals surface area contributed by atoms with Gasteiger partial charge in [0.1, 0.15) is 5.76 Å². The van der Waals surface area contributed by atoms with Crippen molar-refractivity contribution in [2.24, 2.45) is 0 Å². The van der Waals surface area contributed by atoms with Gasteiger partial charge in [-0.1, -0.05) is 29.3 Å². The summed E-state index contributed by atoms with van der Waals surface area (Å²) in [5.41, 5.74) is 2.88. The minimum atomic E-state index is -0.0962. The van der Waals surface area contributed by atoms with E-state index in [-0.39, 0.29) is 18.4 Å². The number of oxazole rings is 1. The van der Waals surface area contributed by atoms with Gasteiger partial charge < -0.3 is 14.5 Å². The van der Waals surface area contributed by atoms with E-state index in [1.54, 1.807) is 11.3 Å². The van der Waals surface area contributed by atoms with Gasteiger partial charge in [-0.2, -0.15) is 0 Å². The number of hydrogen-bond acceptors (Lipinski definition) is 6. The first-order valence-corrected chi connectivity index (χ1v) is 12.1. The monoisotopic (exact) mass is 493 g/mol. The Morgan fingerprint density at radius 3 is 2.88 bits per heavy atom. The minimum Gasteiger partial charge on any atom is -0.440 e. The molecule has 0 saturated carbocycles. The predicted molar refractivity (Wildman–Crippen MR) is 127 cm³/mol. The number of halogens is 2. The second kappa shape index (κ2) is 10.4. The number of carbonyl (C=O) groups excluding carboxylic acids is 1. The third-order valence-corrected chi connectivity index (χ3v) is 7.16. The molecule has 3 heterocycles. The lowest BCUT2D eigenvalue weighted by Gasteiger charge is -2.33. The zero-order valence-electron chi connectivity index (χ0n) is 18.0. The molecule has 1 amide bonds. The molecule has 3 aromatic rings. The molecule has 1 aliphatic rings. The molecule has 1 fully saturated rings. The van der Waals surface area contributed by atoms with Crippen LogP contribution in [0.2, 0.25) is 10.0 Å². The summed E-state index contributed by atoms with van der Waals surface area (Å²) in [5, 5.41) is 6.09. The Labute approximate surface area is 201 Å². The average molecular weight is 494 g/mol. The number of ether oxygens (including phenoxy) is 1. The van der Waals surface area contributed by atoms with Crippen LogP contribution in [-0.2, 0) is 22.5 Å². The van der Waals surface area contributed by atoms with Gasteiger partial charge in [0.15, 0.2) is 0 Å². The van der Waals surface area contributed by atoms with Gasteiger partial charge in [-0.25, -0.2) is 4.98 Å². The highest BCUT2D eigenvalue weighted by Gasteiger charge is 2.22. The van der Waals surface area contributed by atoms with E-state index < -0.39 is 0 Å². The summed E-state index contributed by atoms with van der Waals surface area (Å²) in [6, 6.07) is 7.71. The second-order valence-electron chi connectivity index (χ2n) is 7.91. The topological polar surface area (TPSA) is 67.6 Å². The first-order valence-electron chi connectivity index (χ1n) is 10.4. The van der Waals surface area contributed by atoms with E-state index in [0.29, 0.717) is 40.5 Å². The molecule has 9 heteroatoms. The number of carbonyl (C=O) groups is 1. The zero-order valence-corrected chi connectivity index (χ0v) is 20.3. The first-order chi connectivity index (χ1) is 15.4. The van der Waals surface area contributed by atoms with Crippen LogP contribution in [0.1, 0.15) is 22.6 Å². The molecule has 0 unspecified atom stereocenters. The van der Waals surface area contributed by atoms with Crippen molar-refractivity contribution in [2.45, 2.75) is 32.9 Å². The van der Waals surface area contributed by atoms with Gasteiger partial charge in [-0.3, -0.25) is 9.69 Å². The number of benzene rings is 1. The maximum Gasteiger partial charge on any atom is 0.237 e. The van der Waals surface area contributed by atoms with Crippen LogP contribution in [0.5, 0.6) is 0 Å². The van der Waals surface area contributed by atoms with Crippen LogP contribution in [0.4, 0.5) is 0 Å². The van der Waals surface area contributed by atoms with Crippen LogP contribution in [0.15, 0.2) is 34.1 Å². The van der Waals surface area contributed by atoms with E-state index in [9.17, 15) is 4.79 Å². The lowest BCUT2D eigenvalue weighted by atomic mass is 10.2. The Kier molecular flexibility index (Phi) is 7.53. The lowest BCUT2D eigenvalue weighted by molar-refractivity contribution is -0.121. The molecular weight excluding hydrogens is 469 g/mol. The molecular formula is C23H25Cl2N3O3S. The standard InChI is InChI=1S/C23H25Cl2N3O3S/c1-14-5-8-32-22(14)23-27-20(15(2)31-23)10-21(29)26-11-17-13-28(6-7-30-17)12-16-3-4-18(24)19(25)9-16/h3-5,8-9,17H,6-7,10-13H2,1-2H3,(H,26,29)/t17-/m0/s1. The third kappa shape index (κ3) is 5.71. The van der Waals surface area contributed by atoms with Crippen molar-refractivity contribution in [2.75, 3.05) is 26.2 Å². The molecule has 1 atom stereocenters. The van der Waals surface area contributed by atoms with E-state index in [2.05, 4.69) is 15.2 Å². The van der Waals surface area contributed by atoms with E-state index >= 15 is 0 Å². The van der Waals surface area contributed by atoms with Crippen LogP contribution in [0, 0.1) is 13.8 Å². The number of amides is 1. The van der Waals surface area contributed by atoms with Crippen LogP contribution >= 0.6 is 34.5 Å². The Morgan fingerprint density at radius 2 is 2.12 bits per heavy atom. The predicted octanol–water partition coefficient (Wildman–Crippen LogP) is 4.89. The summed E-state index contributed by atoms with van der Waals surface area (Å²) in [5.74, 6) is 1.15. The van der Waals surface area contributed by atoms with Gasteiger partial charge >= 0.3 is 0 Å². The normalized spacial score (nSPS) is 16.9. The van der Waals surface area contributed by atoms with Gasteiger partial charge in [-0.05, 0) is 48.6 Å².